The van der Waals surface area contributed by atoms with E-state index in [1.807, 2.05) is 17.5 Å². The number of nitrogens with one attached hydrogen (secondary N) is 1. The van der Waals surface area contributed by atoms with Crippen LogP contribution in [0.2, 0.25) is 0 Å². The van der Waals surface area contributed by atoms with Crippen molar-refractivity contribution >= 4 is 27.5 Å². The van der Waals surface area contributed by atoms with Crippen LogP contribution in [-0.2, 0) is 4.74 Å². The zero-order valence-electron chi connectivity index (χ0n) is 12.3. The van der Waals surface area contributed by atoms with Crippen LogP contribution in [0.5, 0.6) is 0 Å². The zero-order chi connectivity index (χ0) is 15.8. The molecule has 4 nitrogen and oxygen atoms in total. The number of rotatable bonds is 2. The second-order valence-electron chi connectivity index (χ2n) is 5.54. The van der Waals surface area contributed by atoms with Gasteiger partial charge in [-0.15, -0.1) is 11.3 Å². The third-order valence-electron chi connectivity index (χ3n) is 4.07. The molecule has 1 amide bonds. The lowest BCUT2D eigenvalue weighted by molar-refractivity contribution is -0.0230. The second-order valence-corrected chi connectivity index (χ2v) is 6.49. The second kappa shape index (κ2) is 5.79. The number of morpholine rings is 1. The number of aromatic amines is 1. The molecular formula is C17H15FN2O2S. The number of hydrogen-bond acceptors (Lipinski definition) is 3. The molecule has 1 aliphatic rings. The van der Waals surface area contributed by atoms with E-state index in [4.69, 9.17) is 4.74 Å². The van der Waals surface area contributed by atoms with Gasteiger partial charge in [-0.25, -0.2) is 4.39 Å². The van der Waals surface area contributed by atoms with Crippen molar-refractivity contribution in [3.8, 4) is 0 Å². The minimum atomic E-state index is -0.274. The van der Waals surface area contributed by atoms with Crippen molar-refractivity contribution in [1.82, 2.24) is 9.88 Å². The fourth-order valence-corrected chi connectivity index (χ4v) is 3.63. The van der Waals surface area contributed by atoms with Crippen molar-refractivity contribution in [2.24, 2.45) is 0 Å². The van der Waals surface area contributed by atoms with E-state index in [0.29, 0.717) is 25.4 Å². The van der Waals surface area contributed by atoms with Gasteiger partial charge in [0.25, 0.3) is 5.91 Å². The number of fused-ring (bicyclic) bond motifs is 1. The Balaban J connectivity index is 1.53. The first kappa shape index (κ1) is 14.4. The van der Waals surface area contributed by atoms with Crippen molar-refractivity contribution in [3.63, 3.8) is 0 Å². The standard InChI is InChI=1S/C17H15FN2O2S/c18-12-3-1-11(2-4-12)15-10-20(6-7-22-15)17(21)14-9-16-13(19-14)5-8-23-16/h1-5,8-9,15,19H,6-7,10H2. The number of amides is 1. The van der Waals surface area contributed by atoms with Gasteiger partial charge in [-0.3, -0.25) is 4.79 Å². The summed E-state index contributed by atoms with van der Waals surface area (Å²) in [4.78, 5) is 17.6. The molecule has 1 aliphatic heterocycles. The maximum absolute atomic E-state index is 13.0. The molecule has 4 rings (SSSR count). The molecule has 1 fully saturated rings. The molecule has 0 radical (unpaired) electrons. The quantitative estimate of drug-likeness (QED) is 0.780. The number of hydrogen-bond donors (Lipinski definition) is 1. The first-order valence-electron chi connectivity index (χ1n) is 7.43. The highest BCUT2D eigenvalue weighted by Gasteiger charge is 2.27. The van der Waals surface area contributed by atoms with Crippen LogP contribution >= 0.6 is 11.3 Å². The maximum Gasteiger partial charge on any atom is 0.270 e. The Hall–Kier alpha value is -2.18. The summed E-state index contributed by atoms with van der Waals surface area (Å²) in [6, 6.07) is 10.1. The zero-order valence-corrected chi connectivity index (χ0v) is 13.1. The van der Waals surface area contributed by atoms with Gasteiger partial charge < -0.3 is 14.6 Å². The van der Waals surface area contributed by atoms with Gasteiger partial charge in [-0.1, -0.05) is 12.1 Å². The van der Waals surface area contributed by atoms with E-state index in [9.17, 15) is 9.18 Å². The molecule has 118 valence electrons. The molecule has 1 atom stereocenters. The number of ether oxygens (including phenoxy) is 1. The van der Waals surface area contributed by atoms with Gasteiger partial charge in [-0.2, -0.15) is 0 Å². The van der Waals surface area contributed by atoms with E-state index in [1.165, 1.54) is 12.1 Å². The van der Waals surface area contributed by atoms with Gasteiger partial charge in [0.15, 0.2) is 0 Å². The Labute approximate surface area is 136 Å². The Morgan fingerprint density at radius 2 is 2.13 bits per heavy atom. The summed E-state index contributed by atoms with van der Waals surface area (Å²) in [6.45, 7) is 1.50. The maximum atomic E-state index is 13.0. The SMILES string of the molecule is O=C(c1cc2sccc2[nH]1)N1CCOC(c2ccc(F)cc2)C1. The van der Waals surface area contributed by atoms with Crippen LogP contribution in [0.4, 0.5) is 4.39 Å². The highest BCUT2D eigenvalue weighted by atomic mass is 32.1. The predicted octanol–water partition coefficient (Wildman–Crippen LogP) is 3.58. The van der Waals surface area contributed by atoms with Crippen molar-refractivity contribution in [3.05, 3.63) is 58.9 Å². The number of halogens is 1. The first-order chi connectivity index (χ1) is 11.2. The Kier molecular flexibility index (Phi) is 3.63. The lowest BCUT2D eigenvalue weighted by Crippen LogP contribution is -2.42. The van der Waals surface area contributed by atoms with Gasteiger partial charge in [0.1, 0.15) is 17.6 Å². The molecule has 23 heavy (non-hydrogen) atoms. The molecule has 1 N–H and O–H groups in total. The Bertz CT molecular complexity index is 811. The molecular weight excluding hydrogens is 315 g/mol. The molecule has 6 heteroatoms. The number of H-pyrrole nitrogens is 1. The van der Waals surface area contributed by atoms with E-state index >= 15 is 0 Å². The minimum absolute atomic E-state index is 0.0242. The van der Waals surface area contributed by atoms with E-state index in [1.54, 1.807) is 28.4 Å². The summed E-state index contributed by atoms with van der Waals surface area (Å²) < 4.78 is 19.9. The van der Waals surface area contributed by atoms with Gasteiger partial charge in [-0.05, 0) is 35.2 Å². The summed E-state index contributed by atoms with van der Waals surface area (Å²) in [6.07, 6.45) is -0.218. The van der Waals surface area contributed by atoms with Crippen molar-refractivity contribution in [2.75, 3.05) is 19.7 Å². The summed E-state index contributed by atoms with van der Waals surface area (Å²) >= 11 is 1.61. The summed E-state index contributed by atoms with van der Waals surface area (Å²) in [5, 5.41) is 1.99. The molecule has 1 saturated heterocycles. The molecule has 0 aliphatic carbocycles. The Morgan fingerprint density at radius 3 is 2.91 bits per heavy atom. The van der Waals surface area contributed by atoms with E-state index in [0.717, 1.165) is 15.8 Å². The van der Waals surface area contributed by atoms with Crippen LogP contribution in [0.15, 0.2) is 41.8 Å². The van der Waals surface area contributed by atoms with Crippen molar-refractivity contribution < 1.29 is 13.9 Å². The molecule has 0 saturated carbocycles. The number of carbonyl (C=O) groups is 1. The third kappa shape index (κ3) is 2.75. The fourth-order valence-electron chi connectivity index (χ4n) is 2.85. The van der Waals surface area contributed by atoms with E-state index in [2.05, 4.69) is 4.98 Å². The normalized spacial score (nSPS) is 18.5. The van der Waals surface area contributed by atoms with Crippen LogP contribution in [0.25, 0.3) is 10.2 Å². The molecule has 1 aromatic carbocycles. The number of carbonyl (C=O) groups excluding carboxylic acids is 1. The molecule has 0 bridgehead atoms. The van der Waals surface area contributed by atoms with E-state index < -0.39 is 0 Å². The summed E-state index contributed by atoms with van der Waals surface area (Å²) in [7, 11) is 0. The first-order valence-corrected chi connectivity index (χ1v) is 8.31. The largest absolute Gasteiger partial charge is 0.370 e. The van der Waals surface area contributed by atoms with Gasteiger partial charge in [0, 0.05) is 6.54 Å². The number of nitrogens with zero attached hydrogens (tertiary/aromatic N) is 1. The highest BCUT2D eigenvalue weighted by molar-refractivity contribution is 7.17. The smallest absolute Gasteiger partial charge is 0.270 e. The third-order valence-corrected chi connectivity index (χ3v) is 4.93. The van der Waals surface area contributed by atoms with Crippen molar-refractivity contribution in [2.45, 2.75) is 6.10 Å². The van der Waals surface area contributed by atoms with Crippen LogP contribution < -0.4 is 0 Å². The fraction of sp³-hybridized carbons (Fsp3) is 0.235. The summed E-state index contributed by atoms with van der Waals surface area (Å²) in [5.74, 6) is -0.298. The number of aromatic nitrogens is 1. The van der Waals surface area contributed by atoms with Crippen LogP contribution in [0.1, 0.15) is 22.2 Å². The van der Waals surface area contributed by atoms with Crippen LogP contribution in [0, 0.1) is 5.82 Å². The van der Waals surface area contributed by atoms with E-state index in [-0.39, 0.29) is 17.8 Å². The molecule has 2 aromatic heterocycles. The van der Waals surface area contributed by atoms with Crippen LogP contribution in [-0.4, -0.2) is 35.5 Å². The predicted molar refractivity (Wildman–Crippen MR) is 87.2 cm³/mol. The highest BCUT2D eigenvalue weighted by Crippen LogP contribution is 2.25. The van der Waals surface area contributed by atoms with Gasteiger partial charge in [0.2, 0.25) is 0 Å². The number of benzene rings is 1. The number of thiophene rings is 1. The lowest BCUT2D eigenvalue weighted by Gasteiger charge is -2.33. The van der Waals surface area contributed by atoms with Gasteiger partial charge >= 0.3 is 0 Å². The minimum Gasteiger partial charge on any atom is -0.370 e. The molecule has 0 spiro atoms. The van der Waals surface area contributed by atoms with Crippen LogP contribution in [0.3, 0.4) is 0 Å². The molecule has 3 aromatic rings. The molecule has 1 unspecified atom stereocenters. The average molecular weight is 330 g/mol. The lowest BCUT2D eigenvalue weighted by atomic mass is 10.1. The monoisotopic (exact) mass is 330 g/mol. The topological polar surface area (TPSA) is 45.3 Å². The van der Waals surface area contributed by atoms with Crippen molar-refractivity contribution in [1.29, 1.82) is 0 Å². The average Bonchev–Trinajstić information content (AvgIpc) is 3.16. The summed E-state index contributed by atoms with van der Waals surface area (Å²) in [5.41, 5.74) is 2.48. The molecule has 3 heterocycles. The Morgan fingerprint density at radius 1 is 1.30 bits per heavy atom. The van der Waals surface area contributed by atoms with Gasteiger partial charge in [0.05, 0.1) is 23.4 Å².